The topological polar surface area (TPSA) is 92.0 Å². The fourth-order valence-corrected chi connectivity index (χ4v) is 3.19. The van der Waals surface area contributed by atoms with E-state index in [1.165, 1.54) is 11.8 Å². The second-order valence-corrected chi connectivity index (χ2v) is 7.70. The molecule has 1 fully saturated rings. The van der Waals surface area contributed by atoms with Gasteiger partial charge in [0.2, 0.25) is 11.0 Å². The van der Waals surface area contributed by atoms with Gasteiger partial charge in [0.15, 0.2) is 5.82 Å². The van der Waals surface area contributed by atoms with E-state index in [2.05, 4.69) is 36.0 Å². The zero-order valence-corrected chi connectivity index (χ0v) is 14.6. The first-order valence-electron chi connectivity index (χ1n) is 7.81. The average molecular weight is 337 g/mol. The molecule has 0 amide bonds. The minimum Gasteiger partial charge on any atom is -0.444 e. The van der Waals surface area contributed by atoms with Gasteiger partial charge in [0, 0.05) is 24.5 Å². The summed E-state index contributed by atoms with van der Waals surface area (Å²) in [5.74, 6) is 9.45. The summed E-state index contributed by atoms with van der Waals surface area (Å²) in [5, 5.41) is 9.14. The molecule has 0 atom stereocenters. The van der Waals surface area contributed by atoms with Crippen molar-refractivity contribution in [1.82, 2.24) is 19.9 Å². The van der Waals surface area contributed by atoms with Gasteiger partial charge in [-0.15, -0.1) is 10.2 Å². The van der Waals surface area contributed by atoms with Gasteiger partial charge in [0.1, 0.15) is 5.76 Å². The van der Waals surface area contributed by atoms with Crippen LogP contribution in [0.4, 0.5) is 0 Å². The van der Waals surface area contributed by atoms with Crippen LogP contribution in [0.25, 0.3) is 0 Å². The highest BCUT2D eigenvalue weighted by Gasteiger charge is 2.23. The average Bonchev–Trinajstić information content (AvgIpc) is 3.13. The highest BCUT2D eigenvalue weighted by atomic mass is 32.2. The maximum absolute atomic E-state index is 6.15. The lowest BCUT2D eigenvalue weighted by molar-refractivity contribution is 0.0830. The third-order valence-electron chi connectivity index (χ3n) is 3.89. The molecule has 8 heteroatoms. The molecule has 126 valence electrons. The first-order valence-corrected chi connectivity index (χ1v) is 8.80. The monoisotopic (exact) mass is 337 g/mol. The van der Waals surface area contributed by atoms with Crippen LogP contribution in [0, 0.1) is 0 Å². The lowest BCUT2D eigenvalue weighted by atomic mass is 9.94. The molecule has 0 unspecified atom stereocenters. The largest absolute Gasteiger partial charge is 0.444 e. The van der Waals surface area contributed by atoms with E-state index < -0.39 is 0 Å². The van der Waals surface area contributed by atoms with Crippen LogP contribution in [0.3, 0.4) is 0 Å². The highest BCUT2D eigenvalue weighted by Crippen LogP contribution is 2.29. The number of rotatable bonds is 4. The number of nitrogen functional groups attached to an aromatic ring is 1. The second kappa shape index (κ2) is 6.52. The third kappa shape index (κ3) is 3.69. The summed E-state index contributed by atoms with van der Waals surface area (Å²) in [5.41, 5.74) is -0.0416. The Balaban J connectivity index is 1.64. The van der Waals surface area contributed by atoms with Crippen molar-refractivity contribution >= 4 is 11.8 Å². The fourth-order valence-electron chi connectivity index (χ4n) is 2.47. The lowest BCUT2D eigenvalue weighted by Crippen LogP contribution is -2.22. The van der Waals surface area contributed by atoms with E-state index in [1.807, 2.05) is 0 Å². The molecular formula is C15H23N5O2S. The number of hydrogen-bond acceptors (Lipinski definition) is 7. The van der Waals surface area contributed by atoms with E-state index in [1.54, 1.807) is 10.9 Å². The maximum Gasteiger partial charge on any atom is 0.210 e. The molecule has 0 radical (unpaired) electrons. The zero-order valence-electron chi connectivity index (χ0n) is 13.8. The van der Waals surface area contributed by atoms with Crippen LogP contribution < -0.4 is 5.84 Å². The van der Waals surface area contributed by atoms with E-state index in [0.29, 0.717) is 22.7 Å². The molecule has 2 N–H and O–H groups in total. The van der Waals surface area contributed by atoms with Crippen molar-refractivity contribution in [2.45, 2.75) is 55.9 Å². The summed E-state index contributed by atoms with van der Waals surface area (Å²) >= 11 is 1.49. The molecule has 0 aliphatic carbocycles. The Labute approximate surface area is 140 Å². The first kappa shape index (κ1) is 16.3. The van der Waals surface area contributed by atoms with Crippen LogP contribution in [0.15, 0.2) is 15.8 Å². The molecule has 1 aliphatic heterocycles. The Bertz CT molecular complexity index is 655. The maximum atomic E-state index is 6.15. The Morgan fingerprint density at radius 1 is 1.30 bits per heavy atom. The molecule has 0 bridgehead atoms. The van der Waals surface area contributed by atoms with Gasteiger partial charge in [0.25, 0.3) is 0 Å². The van der Waals surface area contributed by atoms with Gasteiger partial charge >= 0.3 is 0 Å². The number of oxazole rings is 1. The number of hydrogen-bond donors (Lipinski definition) is 1. The van der Waals surface area contributed by atoms with Crippen molar-refractivity contribution in [3.8, 4) is 0 Å². The molecule has 7 nitrogen and oxygen atoms in total. The van der Waals surface area contributed by atoms with Crippen LogP contribution in [0.5, 0.6) is 0 Å². The van der Waals surface area contributed by atoms with E-state index in [4.69, 9.17) is 15.0 Å². The molecule has 23 heavy (non-hydrogen) atoms. The smallest absolute Gasteiger partial charge is 0.210 e. The molecule has 1 saturated heterocycles. The predicted molar refractivity (Wildman–Crippen MR) is 87.7 cm³/mol. The third-order valence-corrected chi connectivity index (χ3v) is 4.82. The number of aromatic nitrogens is 4. The Hall–Kier alpha value is -1.54. The lowest BCUT2D eigenvalue weighted by Gasteiger charge is -2.20. The molecule has 0 saturated carbocycles. The summed E-state index contributed by atoms with van der Waals surface area (Å²) in [7, 11) is 0. The van der Waals surface area contributed by atoms with Crippen molar-refractivity contribution in [3.05, 3.63) is 23.7 Å². The number of nitrogens with two attached hydrogens (primary N) is 1. The molecule has 0 aromatic carbocycles. The highest BCUT2D eigenvalue weighted by molar-refractivity contribution is 7.98. The van der Waals surface area contributed by atoms with Crippen LogP contribution in [0.2, 0.25) is 0 Å². The predicted octanol–water partition coefficient (Wildman–Crippen LogP) is 2.46. The van der Waals surface area contributed by atoms with Gasteiger partial charge in [-0.2, -0.15) is 0 Å². The number of thioether (sulfide) groups is 1. The summed E-state index contributed by atoms with van der Waals surface area (Å²) in [6.45, 7) is 7.81. The van der Waals surface area contributed by atoms with Gasteiger partial charge in [-0.1, -0.05) is 32.5 Å². The second-order valence-electron chi connectivity index (χ2n) is 6.75. The van der Waals surface area contributed by atoms with Gasteiger partial charge < -0.3 is 15.0 Å². The van der Waals surface area contributed by atoms with Crippen molar-refractivity contribution < 1.29 is 9.15 Å². The number of ether oxygens (including phenoxy) is 1. The van der Waals surface area contributed by atoms with Crippen molar-refractivity contribution in [1.29, 1.82) is 0 Å². The van der Waals surface area contributed by atoms with Gasteiger partial charge in [0.05, 0.1) is 11.9 Å². The zero-order chi connectivity index (χ0) is 16.4. The van der Waals surface area contributed by atoms with Crippen molar-refractivity contribution in [2.24, 2.45) is 0 Å². The van der Waals surface area contributed by atoms with Gasteiger partial charge in [-0.25, -0.2) is 9.66 Å². The summed E-state index contributed by atoms with van der Waals surface area (Å²) in [6.07, 6.45) is 3.67. The minimum absolute atomic E-state index is 0.0416. The van der Waals surface area contributed by atoms with Crippen LogP contribution in [0.1, 0.15) is 57.0 Å². The standard InChI is InChI=1S/C15H23N5O2S/c1-15(2,3)11-8-17-12(22-11)9-23-14-19-18-13(20(14)16)10-4-6-21-7-5-10/h8,10H,4-7,9,16H2,1-3H3. The molecule has 0 spiro atoms. The van der Waals surface area contributed by atoms with Crippen LogP contribution in [-0.2, 0) is 15.9 Å². The number of nitrogens with zero attached hydrogens (tertiary/aromatic N) is 4. The Kier molecular flexibility index (Phi) is 4.63. The molecule has 3 heterocycles. The van der Waals surface area contributed by atoms with Crippen LogP contribution in [-0.4, -0.2) is 33.1 Å². The fraction of sp³-hybridized carbons (Fsp3) is 0.667. The summed E-state index contributed by atoms with van der Waals surface area (Å²) < 4.78 is 12.8. The van der Waals surface area contributed by atoms with Crippen LogP contribution >= 0.6 is 11.8 Å². The molecule has 2 aromatic rings. The van der Waals surface area contributed by atoms with E-state index >= 15 is 0 Å². The molecule has 3 rings (SSSR count). The summed E-state index contributed by atoms with van der Waals surface area (Å²) in [6, 6.07) is 0. The quantitative estimate of drug-likeness (QED) is 0.676. The van der Waals surface area contributed by atoms with E-state index in [0.717, 1.165) is 37.6 Å². The Morgan fingerprint density at radius 3 is 2.70 bits per heavy atom. The molecule has 1 aliphatic rings. The minimum atomic E-state index is -0.0416. The SMILES string of the molecule is CC(C)(C)c1cnc(CSc2nnc(C3CCOCC3)n2N)o1. The molecular weight excluding hydrogens is 314 g/mol. The van der Waals surface area contributed by atoms with Gasteiger partial charge in [-0.05, 0) is 12.8 Å². The van der Waals surface area contributed by atoms with E-state index in [9.17, 15) is 0 Å². The molecule has 2 aromatic heterocycles. The Morgan fingerprint density at radius 2 is 2.04 bits per heavy atom. The first-order chi connectivity index (χ1) is 10.9. The van der Waals surface area contributed by atoms with E-state index in [-0.39, 0.29) is 5.41 Å². The summed E-state index contributed by atoms with van der Waals surface area (Å²) in [4.78, 5) is 4.32. The van der Waals surface area contributed by atoms with Crippen molar-refractivity contribution in [2.75, 3.05) is 19.1 Å². The van der Waals surface area contributed by atoms with Gasteiger partial charge in [-0.3, -0.25) is 0 Å². The normalized spacial score (nSPS) is 16.8. The van der Waals surface area contributed by atoms with Crippen molar-refractivity contribution in [3.63, 3.8) is 0 Å².